The fourth-order valence-electron chi connectivity index (χ4n) is 5.94. The third-order valence-corrected chi connectivity index (χ3v) is 8.23. The number of rotatable bonds is 4. The summed E-state index contributed by atoms with van der Waals surface area (Å²) < 4.78 is 28.6. The number of hydrogen-bond acceptors (Lipinski definition) is 4. The minimum absolute atomic E-state index is 0.124. The Labute approximate surface area is 275 Å². The van der Waals surface area contributed by atoms with Crippen LogP contribution < -0.4 is 0 Å². The summed E-state index contributed by atoms with van der Waals surface area (Å²) in [7, 11) is 0. The molecule has 232 valence electrons. The molecule has 4 nitrogen and oxygen atoms in total. The van der Waals surface area contributed by atoms with Gasteiger partial charge in [-0.2, -0.15) is 0 Å². The highest BCUT2D eigenvalue weighted by atomic mass is 19.1. The summed E-state index contributed by atoms with van der Waals surface area (Å²) in [6.45, 7) is 0. The smallest absolute Gasteiger partial charge is 0.149 e. The highest BCUT2D eigenvalue weighted by Crippen LogP contribution is 2.43. The van der Waals surface area contributed by atoms with Gasteiger partial charge >= 0.3 is 0 Å². The van der Waals surface area contributed by atoms with Crippen molar-refractivity contribution in [1.82, 2.24) is 9.97 Å². The maximum Gasteiger partial charge on any atom is 0.149 e. The SMILES string of the molecule is Oc1c(-c2ccccc2)cc(-c2ccccc2)c2cccnc12.Oc1c(-c2ccccc2F)cc(-c2ccccc2F)c2cccnc12. The number of hydrogen-bond donors (Lipinski definition) is 2. The first-order chi connectivity index (χ1) is 23.5. The van der Waals surface area contributed by atoms with Gasteiger partial charge in [0.2, 0.25) is 0 Å². The predicted molar refractivity (Wildman–Crippen MR) is 188 cm³/mol. The van der Waals surface area contributed by atoms with E-state index in [0.29, 0.717) is 27.5 Å². The van der Waals surface area contributed by atoms with Crippen LogP contribution in [0.5, 0.6) is 11.5 Å². The molecule has 2 aromatic heterocycles. The van der Waals surface area contributed by atoms with Crippen molar-refractivity contribution in [3.63, 3.8) is 0 Å². The molecule has 6 heteroatoms. The summed E-state index contributed by atoms with van der Waals surface area (Å²) >= 11 is 0. The lowest BCUT2D eigenvalue weighted by Crippen LogP contribution is -1.92. The van der Waals surface area contributed by atoms with Crippen molar-refractivity contribution in [3.8, 4) is 56.0 Å². The van der Waals surface area contributed by atoms with Crippen LogP contribution >= 0.6 is 0 Å². The largest absolute Gasteiger partial charge is 0.505 e. The topological polar surface area (TPSA) is 66.2 Å². The van der Waals surface area contributed by atoms with Crippen LogP contribution in [-0.4, -0.2) is 20.2 Å². The Morgan fingerprint density at radius 2 is 0.792 bits per heavy atom. The average Bonchev–Trinajstić information content (AvgIpc) is 3.14. The van der Waals surface area contributed by atoms with Gasteiger partial charge < -0.3 is 10.2 Å². The average molecular weight is 631 g/mol. The van der Waals surface area contributed by atoms with Gasteiger partial charge in [0, 0.05) is 45.4 Å². The number of fused-ring (bicyclic) bond motifs is 2. The van der Waals surface area contributed by atoms with E-state index in [-0.39, 0.29) is 22.6 Å². The van der Waals surface area contributed by atoms with Crippen molar-refractivity contribution in [2.24, 2.45) is 0 Å². The van der Waals surface area contributed by atoms with Crippen LogP contribution in [0, 0.1) is 11.6 Å². The van der Waals surface area contributed by atoms with Gasteiger partial charge in [0.05, 0.1) is 0 Å². The van der Waals surface area contributed by atoms with Gasteiger partial charge in [-0.15, -0.1) is 0 Å². The van der Waals surface area contributed by atoms with Crippen molar-refractivity contribution >= 4 is 21.8 Å². The zero-order valence-electron chi connectivity index (χ0n) is 25.6. The molecule has 0 aliphatic carbocycles. The first-order valence-electron chi connectivity index (χ1n) is 15.3. The van der Waals surface area contributed by atoms with Gasteiger partial charge in [0.15, 0.2) is 0 Å². The van der Waals surface area contributed by atoms with E-state index >= 15 is 0 Å². The zero-order valence-corrected chi connectivity index (χ0v) is 25.6. The van der Waals surface area contributed by atoms with Crippen molar-refractivity contribution in [2.45, 2.75) is 0 Å². The molecule has 0 spiro atoms. The Kier molecular flexibility index (Phi) is 8.29. The molecule has 0 unspecified atom stereocenters. The normalized spacial score (nSPS) is 10.9. The van der Waals surface area contributed by atoms with Crippen LogP contribution in [0.1, 0.15) is 0 Å². The van der Waals surface area contributed by atoms with E-state index in [1.807, 2.05) is 66.7 Å². The number of nitrogens with zero attached hydrogens (tertiary/aromatic N) is 2. The molecule has 8 aromatic rings. The maximum atomic E-state index is 14.4. The molecule has 2 N–H and O–H groups in total. The quantitative estimate of drug-likeness (QED) is 0.203. The summed E-state index contributed by atoms with van der Waals surface area (Å²) in [6, 6.07) is 43.7. The highest BCUT2D eigenvalue weighted by molar-refractivity contribution is 6.03. The molecule has 0 saturated carbocycles. The van der Waals surface area contributed by atoms with Crippen LogP contribution in [0.3, 0.4) is 0 Å². The fraction of sp³-hybridized carbons (Fsp3) is 0. The molecule has 6 aromatic carbocycles. The van der Waals surface area contributed by atoms with Gasteiger partial charge in [0.1, 0.15) is 34.2 Å². The van der Waals surface area contributed by atoms with Crippen LogP contribution in [0.4, 0.5) is 8.78 Å². The maximum absolute atomic E-state index is 14.4. The molecule has 0 atom stereocenters. The fourth-order valence-corrected chi connectivity index (χ4v) is 5.94. The molecule has 2 heterocycles. The Bertz CT molecular complexity index is 2400. The van der Waals surface area contributed by atoms with E-state index in [1.165, 1.54) is 18.3 Å². The van der Waals surface area contributed by atoms with Gasteiger partial charge in [0.25, 0.3) is 0 Å². The molecular weight excluding hydrogens is 602 g/mol. The second kappa shape index (κ2) is 13.1. The molecule has 0 aliphatic heterocycles. The predicted octanol–water partition coefficient (Wildman–Crippen LogP) is 10.8. The van der Waals surface area contributed by atoms with Crippen molar-refractivity contribution in [1.29, 1.82) is 0 Å². The van der Waals surface area contributed by atoms with Gasteiger partial charge in [-0.25, -0.2) is 8.78 Å². The van der Waals surface area contributed by atoms with Crippen molar-refractivity contribution < 1.29 is 19.0 Å². The first-order valence-corrected chi connectivity index (χ1v) is 15.3. The molecule has 8 rings (SSSR count). The van der Waals surface area contributed by atoms with Gasteiger partial charge in [-0.3, -0.25) is 9.97 Å². The Morgan fingerprint density at radius 3 is 1.33 bits per heavy atom. The standard InChI is InChI=1S/C21H13F2NO.C21H15NO/c22-18-9-3-1-6-13(18)16-12-17(14-7-2-4-10-19(14)23)21(25)20-15(16)8-5-11-24-20;23-21-19(16-10-5-2-6-11-16)14-18(15-8-3-1-4-9-15)17-12-7-13-22-20(17)21/h1-12,25H;1-14,23H. The zero-order chi connectivity index (χ0) is 33.0. The number of phenolic OH excluding ortho intramolecular Hbond substituents is 2. The second-order valence-corrected chi connectivity index (χ2v) is 11.1. The number of halogens is 2. The summed E-state index contributed by atoms with van der Waals surface area (Å²) in [4.78, 5) is 8.62. The monoisotopic (exact) mass is 630 g/mol. The van der Waals surface area contributed by atoms with E-state index < -0.39 is 11.6 Å². The van der Waals surface area contributed by atoms with Gasteiger partial charge in [-0.1, -0.05) is 109 Å². The summed E-state index contributed by atoms with van der Waals surface area (Å²) in [5, 5.41) is 22.9. The van der Waals surface area contributed by atoms with Crippen LogP contribution in [0.15, 0.2) is 158 Å². The minimum atomic E-state index is -0.465. The van der Waals surface area contributed by atoms with E-state index in [4.69, 9.17) is 0 Å². The lowest BCUT2D eigenvalue weighted by molar-refractivity contribution is 0.481. The Hall–Kier alpha value is -6.40. The van der Waals surface area contributed by atoms with Crippen LogP contribution in [0.25, 0.3) is 66.3 Å². The number of aromatic hydroxyl groups is 2. The van der Waals surface area contributed by atoms with E-state index in [1.54, 1.807) is 60.8 Å². The lowest BCUT2D eigenvalue weighted by Gasteiger charge is -2.14. The molecular formula is C42H28F2N2O2. The van der Waals surface area contributed by atoms with Crippen LogP contribution in [0.2, 0.25) is 0 Å². The third-order valence-electron chi connectivity index (χ3n) is 8.23. The lowest BCUT2D eigenvalue weighted by atomic mass is 9.93. The molecule has 48 heavy (non-hydrogen) atoms. The minimum Gasteiger partial charge on any atom is -0.505 e. The van der Waals surface area contributed by atoms with E-state index in [0.717, 1.165) is 27.6 Å². The molecule has 0 fully saturated rings. The second-order valence-electron chi connectivity index (χ2n) is 11.1. The summed E-state index contributed by atoms with van der Waals surface area (Å²) in [5.74, 6) is -0.752. The summed E-state index contributed by atoms with van der Waals surface area (Å²) in [6.07, 6.45) is 3.25. The number of pyridine rings is 2. The molecule has 0 aliphatic rings. The van der Waals surface area contributed by atoms with Gasteiger partial charge in [-0.05, 0) is 58.7 Å². The summed E-state index contributed by atoms with van der Waals surface area (Å²) in [5.41, 5.74) is 6.36. The number of phenols is 2. The van der Waals surface area contributed by atoms with Crippen LogP contribution in [-0.2, 0) is 0 Å². The molecule has 0 amide bonds. The van der Waals surface area contributed by atoms with Crippen molar-refractivity contribution in [3.05, 3.63) is 170 Å². The highest BCUT2D eigenvalue weighted by Gasteiger charge is 2.19. The number of benzene rings is 6. The van der Waals surface area contributed by atoms with Crippen molar-refractivity contribution in [2.75, 3.05) is 0 Å². The molecule has 0 saturated heterocycles. The third kappa shape index (κ3) is 5.72. The van der Waals surface area contributed by atoms with E-state index in [9.17, 15) is 19.0 Å². The Morgan fingerprint density at radius 1 is 0.375 bits per heavy atom. The first kappa shape index (κ1) is 30.3. The van der Waals surface area contributed by atoms with E-state index in [2.05, 4.69) is 22.1 Å². The molecule has 0 bridgehead atoms. The molecule has 0 radical (unpaired) electrons. The Balaban J connectivity index is 0.000000152. The number of aromatic nitrogens is 2.